The summed E-state index contributed by atoms with van der Waals surface area (Å²) in [5.41, 5.74) is 0. The molecule has 0 aliphatic heterocycles. The number of benzene rings is 1. The molecule has 1 rings (SSSR count). The van der Waals surface area contributed by atoms with Gasteiger partial charge in [0.05, 0.1) is 0 Å². The molecule has 17 heavy (non-hydrogen) atoms. The Hall–Kier alpha value is -1.30. The lowest BCUT2D eigenvalue weighted by atomic mass is 10.3. The summed E-state index contributed by atoms with van der Waals surface area (Å²) in [6, 6.07) is 8.35. The Morgan fingerprint density at radius 3 is 2.00 bits per heavy atom. The molecule has 0 aliphatic carbocycles. The van der Waals surface area contributed by atoms with E-state index in [0.717, 1.165) is 13.1 Å². The zero-order valence-corrected chi connectivity index (χ0v) is 10.7. The standard InChI is InChI=1S/C7H6O3.C4H11NO.ClH/c8-7(9)10-6-4-2-1-3-5-6;1-3-5(6)4-2;/h1-5H,(H,8,9);6H,3-4H2,1-2H3;1H. The number of rotatable bonds is 3. The average Bonchev–Trinajstić information content (AvgIpc) is 2.29. The molecule has 0 saturated heterocycles. The van der Waals surface area contributed by atoms with E-state index < -0.39 is 6.16 Å². The first-order valence-corrected chi connectivity index (χ1v) is 4.99. The Morgan fingerprint density at radius 2 is 1.71 bits per heavy atom. The van der Waals surface area contributed by atoms with E-state index in [4.69, 9.17) is 10.3 Å². The predicted molar refractivity (Wildman–Crippen MR) is 67.1 cm³/mol. The fourth-order valence-corrected chi connectivity index (χ4v) is 0.813. The first kappa shape index (κ1) is 18.1. The minimum absolute atomic E-state index is 0. The van der Waals surface area contributed by atoms with Gasteiger partial charge in [0.2, 0.25) is 0 Å². The third-order valence-corrected chi connectivity index (χ3v) is 1.68. The van der Waals surface area contributed by atoms with Crippen molar-refractivity contribution in [1.82, 2.24) is 5.06 Å². The molecule has 0 aromatic heterocycles. The number of halogens is 1. The van der Waals surface area contributed by atoms with Crippen LogP contribution in [0, 0.1) is 0 Å². The molecule has 5 nitrogen and oxygen atoms in total. The van der Waals surface area contributed by atoms with Crippen molar-refractivity contribution < 1.29 is 19.8 Å². The lowest BCUT2D eigenvalue weighted by Gasteiger charge is -2.05. The van der Waals surface area contributed by atoms with Gasteiger partial charge in [0.1, 0.15) is 5.75 Å². The van der Waals surface area contributed by atoms with Gasteiger partial charge in [-0.25, -0.2) is 4.79 Å². The summed E-state index contributed by atoms with van der Waals surface area (Å²) in [5, 5.41) is 17.9. The van der Waals surface area contributed by atoms with Crippen molar-refractivity contribution in [2.45, 2.75) is 13.8 Å². The first-order chi connectivity index (χ1) is 7.60. The van der Waals surface area contributed by atoms with Crippen LogP contribution in [0.3, 0.4) is 0 Å². The third-order valence-electron chi connectivity index (χ3n) is 1.68. The highest BCUT2D eigenvalue weighted by Crippen LogP contribution is 2.07. The second kappa shape index (κ2) is 11.2. The lowest BCUT2D eigenvalue weighted by molar-refractivity contribution is -0.0813. The van der Waals surface area contributed by atoms with Crippen LogP contribution in [0.5, 0.6) is 5.75 Å². The fraction of sp³-hybridized carbons (Fsp3) is 0.364. The van der Waals surface area contributed by atoms with Gasteiger partial charge in [-0.2, -0.15) is 5.06 Å². The maximum atomic E-state index is 9.95. The van der Waals surface area contributed by atoms with Crippen molar-refractivity contribution in [3.05, 3.63) is 30.3 Å². The quantitative estimate of drug-likeness (QED) is 0.498. The molecule has 2 N–H and O–H groups in total. The van der Waals surface area contributed by atoms with Crippen LogP contribution in [0.15, 0.2) is 30.3 Å². The molecule has 0 atom stereocenters. The third kappa shape index (κ3) is 11.0. The number of hydrogen-bond acceptors (Lipinski definition) is 4. The number of nitrogens with zero attached hydrogens (tertiary/aromatic N) is 1. The van der Waals surface area contributed by atoms with Crippen LogP contribution in [0.2, 0.25) is 0 Å². The SMILES string of the molecule is CCN(O)CC.Cl.O=C(O)Oc1ccccc1. The number of para-hydroxylation sites is 1. The Morgan fingerprint density at radius 1 is 1.24 bits per heavy atom. The van der Waals surface area contributed by atoms with Crippen LogP contribution in [-0.4, -0.2) is 34.6 Å². The van der Waals surface area contributed by atoms with Crippen LogP contribution in [0.1, 0.15) is 13.8 Å². The molecule has 0 unspecified atom stereocenters. The summed E-state index contributed by atoms with van der Waals surface area (Å²) >= 11 is 0. The van der Waals surface area contributed by atoms with Crippen LogP contribution < -0.4 is 4.74 Å². The van der Waals surface area contributed by atoms with E-state index in [1.54, 1.807) is 30.3 Å². The monoisotopic (exact) mass is 263 g/mol. The van der Waals surface area contributed by atoms with Gasteiger partial charge < -0.3 is 15.1 Å². The average molecular weight is 264 g/mol. The molecule has 0 amide bonds. The second-order valence-corrected chi connectivity index (χ2v) is 2.82. The number of hydroxylamine groups is 2. The molecule has 1 aromatic carbocycles. The van der Waals surface area contributed by atoms with E-state index in [2.05, 4.69) is 4.74 Å². The zero-order chi connectivity index (χ0) is 12.4. The summed E-state index contributed by atoms with van der Waals surface area (Å²) in [6.07, 6.45) is -1.29. The fourth-order valence-electron chi connectivity index (χ4n) is 0.813. The van der Waals surface area contributed by atoms with E-state index in [1.165, 1.54) is 5.06 Å². The predicted octanol–water partition coefficient (Wildman–Crippen LogP) is 2.88. The molecule has 98 valence electrons. The Balaban J connectivity index is 0. The first-order valence-electron chi connectivity index (χ1n) is 4.99. The highest BCUT2D eigenvalue weighted by Gasteiger charge is 1.96. The van der Waals surface area contributed by atoms with Crippen molar-refractivity contribution in [2.75, 3.05) is 13.1 Å². The molecule has 0 heterocycles. The maximum absolute atomic E-state index is 9.95. The topological polar surface area (TPSA) is 70.0 Å². The van der Waals surface area contributed by atoms with Gasteiger partial charge in [0.15, 0.2) is 0 Å². The minimum atomic E-state index is -1.29. The van der Waals surface area contributed by atoms with Crippen LogP contribution in [0.25, 0.3) is 0 Å². The van der Waals surface area contributed by atoms with Crippen molar-refractivity contribution in [1.29, 1.82) is 0 Å². The molecule has 0 bridgehead atoms. The molecule has 0 aliphatic rings. The smallest absolute Gasteiger partial charge is 0.449 e. The second-order valence-electron chi connectivity index (χ2n) is 2.82. The molecule has 6 heteroatoms. The minimum Gasteiger partial charge on any atom is -0.449 e. The molecule has 0 radical (unpaired) electrons. The van der Waals surface area contributed by atoms with Gasteiger partial charge in [0.25, 0.3) is 0 Å². The van der Waals surface area contributed by atoms with Crippen molar-refractivity contribution in [2.24, 2.45) is 0 Å². The van der Waals surface area contributed by atoms with Gasteiger partial charge in [-0.1, -0.05) is 32.0 Å². The van der Waals surface area contributed by atoms with E-state index >= 15 is 0 Å². The van der Waals surface area contributed by atoms with Crippen molar-refractivity contribution >= 4 is 18.6 Å². The largest absolute Gasteiger partial charge is 0.511 e. The Labute approximate surface area is 107 Å². The van der Waals surface area contributed by atoms with Crippen molar-refractivity contribution in [3.8, 4) is 5.75 Å². The van der Waals surface area contributed by atoms with E-state index in [1.807, 2.05) is 13.8 Å². The Bertz CT molecular complexity index is 291. The Kier molecular flexibility index (Phi) is 11.9. The highest BCUT2D eigenvalue weighted by atomic mass is 35.5. The van der Waals surface area contributed by atoms with Gasteiger partial charge >= 0.3 is 6.16 Å². The summed E-state index contributed by atoms with van der Waals surface area (Å²) in [4.78, 5) is 9.95. The number of carboxylic acid groups (broad SMARTS) is 1. The maximum Gasteiger partial charge on any atom is 0.511 e. The zero-order valence-electron chi connectivity index (χ0n) is 9.87. The van der Waals surface area contributed by atoms with Crippen LogP contribution >= 0.6 is 12.4 Å². The number of carbonyl (C=O) groups is 1. The summed E-state index contributed by atoms with van der Waals surface area (Å²) in [5.74, 6) is 0.343. The van der Waals surface area contributed by atoms with Gasteiger partial charge in [-0.3, -0.25) is 0 Å². The summed E-state index contributed by atoms with van der Waals surface area (Å²) < 4.78 is 4.33. The normalized spacial score (nSPS) is 8.71. The van der Waals surface area contributed by atoms with E-state index in [-0.39, 0.29) is 12.4 Å². The van der Waals surface area contributed by atoms with E-state index in [0.29, 0.717) is 5.75 Å². The molecular formula is C11H18ClNO4. The van der Waals surface area contributed by atoms with Crippen LogP contribution in [-0.2, 0) is 0 Å². The van der Waals surface area contributed by atoms with Gasteiger partial charge in [-0.15, -0.1) is 12.4 Å². The molecule has 0 fully saturated rings. The molecule has 1 aromatic rings. The molecule has 0 spiro atoms. The van der Waals surface area contributed by atoms with E-state index in [9.17, 15) is 4.79 Å². The molecule has 0 saturated carbocycles. The van der Waals surface area contributed by atoms with Gasteiger partial charge in [-0.05, 0) is 12.1 Å². The molecular weight excluding hydrogens is 246 g/mol. The van der Waals surface area contributed by atoms with Gasteiger partial charge in [0, 0.05) is 13.1 Å². The van der Waals surface area contributed by atoms with Crippen LogP contribution in [0.4, 0.5) is 4.79 Å². The lowest BCUT2D eigenvalue weighted by Crippen LogP contribution is -2.16. The summed E-state index contributed by atoms with van der Waals surface area (Å²) in [6.45, 7) is 5.25. The summed E-state index contributed by atoms with van der Waals surface area (Å²) in [7, 11) is 0. The highest BCUT2D eigenvalue weighted by molar-refractivity contribution is 5.85. The number of ether oxygens (including phenoxy) is 1. The number of hydrogen-bond donors (Lipinski definition) is 2. The van der Waals surface area contributed by atoms with Crippen molar-refractivity contribution in [3.63, 3.8) is 0 Å².